The molecule has 4 rings (SSSR count). The maximum Gasteiger partial charge on any atom is 0.256 e. The Bertz CT molecular complexity index is 1180. The molecule has 1 amide bonds. The first-order valence-corrected chi connectivity index (χ1v) is 10.4. The number of hydrogen-bond acceptors (Lipinski definition) is 7. The van der Waals surface area contributed by atoms with E-state index in [4.69, 9.17) is 23.4 Å². The summed E-state index contributed by atoms with van der Waals surface area (Å²) in [5.74, 6) is 1.38. The molecule has 0 spiro atoms. The molecule has 1 aliphatic rings. The number of methoxy groups -OCH3 is 3. The second-order valence-corrected chi connectivity index (χ2v) is 7.34. The van der Waals surface area contributed by atoms with E-state index in [2.05, 4.69) is 10.3 Å². The molecule has 0 bridgehead atoms. The van der Waals surface area contributed by atoms with Gasteiger partial charge in [-0.25, -0.2) is 4.99 Å². The van der Waals surface area contributed by atoms with E-state index in [1.165, 1.54) is 0 Å². The molecule has 1 N–H and O–H groups in total. The van der Waals surface area contributed by atoms with E-state index >= 15 is 0 Å². The lowest BCUT2D eigenvalue weighted by Crippen LogP contribution is -2.34. The van der Waals surface area contributed by atoms with Crippen molar-refractivity contribution in [2.24, 2.45) is 4.99 Å². The van der Waals surface area contributed by atoms with E-state index in [-0.39, 0.29) is 17.6 Å². The maximum absolute atomic E-state index is 13.1. The number of hydrogen-bond donors (Lipinski definition) is 1. The predicted molar refractivity (Wildman–Crippen MR) is 119 cm³/mol. The summed E-state index contributed by atoms with van der Waals surface area (Å²) >= 11 is 0. The smallest absolute Gasteiger partial charge is 0.256 e. The fraction of sp³-hybridized carbons (Fsp3) is 0.333. The highest BCUT2D eigenvalue weighted by Gasteiger charge is 2.19. The average molecular weight is 438 g/mol. The van der Waals surface area contributed by atoms with Crippen LogP contribution in [0.1, 0.15) is 23.2 Å². The number of carbonyl (C=O) groups excluding carboxylic acids is 1. The van der Waals surface area contributed by atoms with Crippen LogP contribution in [0.2, 0.25) is 0 Å². The standard InChI is InChI=1S/C24H26N2O6/c1-28-19-10-9-16(13-21(19)30-3)26-24-18(23(27)25-14-17-7-5-11-31-17)12-15-6-4-8-20(29-2)22(15)32-24/h4,6,8-10,12-13,17H,5,7,11,14H2,1-3H3,(H,25,27)/t17-/m1/s1. The van der Waals surface area contributed by atoms with Crippen LogP contribution in [-0.2, 0) is 4.74 Å². The third-order valence-corrected chi connectivity index (χ3v) is 5.31. The van der Waals surface area contributed by atoms with Crippen molar-refractivity contribution in [3.8, 4) is 17.2 Å². The second-order valence-electron chi connectivity index (χ2n) is 7.34. The minimum Gasteiger partial charge on any atom is -0.493 e. The van der Waals surface area contributed by atoms with E-state index in [9.17, 15) is 4.79 Å². The van der Waals surface area contributed by atoms with Gasteiger partial charge in [0, 0.05) is 24.6 Å². The van der Waals surface area contributed by atoms with E-state index < -0.39 is 0 Å². The number of nitrogens with one attached hydrogen (secondary N) is 1. The Hall–Kier alpha value is -3.52. The molecule has 1 aromatic heterocycles. The molecule has 2 heterocycles. The molecule has 168 valence electrons. The summed E-state index contributed by atoms with van der Waals surface area (Å²) in [4.78, 5) is 17.7. The van der Waals surface area contributed by atoms with Crippen molar-refractivity contribution < 1.29 is 28.2 Å². The molecule has 0 saturated carbocycles. The first kappa shape index (κ1) is 21.7. The van der Waals surface area contributed by atoms with Gasteiger partial charge in [0.15, 0.2) is 22.8 Å². The normalized spacial score (nSPS) is 16.2. The summed E-state index contributed by atoms with van der Waals surface area (Å²) in [6.45, 7) is 1.16. The molecule has 1 fully saturated rings. The number of benzene rings is 2. The van der Waals surface area contributed by atoms with Crippen molar-refractivity contribution in [1.29, 1.82) is 0 Å². The van der Waals surface area contributed by atoms with Gasteiger partial charge in [-0.05, 0) is 37.1 Å². The highest BCUT2D eigenvalue weighted by molar-refractivity contribution is 5.97. The van der Waals surface area contributed by atoms with Gasteiger partial charge >= 0.3 is 0 Å². The van der Waals surface area contributed by atoms with Crippen LogP contribution in [0.3, 0.4) is 0 Å². The summed E-state index contributed by atoms with van der Waals surface area (Å²) in [6.07, 6.45) is 1.97. The van der Waals surface area contributed by atoms with Crippen LogP contribution in [0, 0.1) is 0 Å². The van der Waals surface area contributed by atoms with Crippen LogP contribution in [0.25, 0.3) is 11.0 Å². The van der Waals surface area contributed by atoms with Crippen molar-refractivity contribution in [1.82, 2.24) is 5.32 Å². The van der Waals surface area contributed by atoms with Gasteiger partial charge in [-0.15, -0.1) is 0 Å². The Morgan fingerprint density at radius 2 is 1.88 bits per heavy atom. The van der Waals surface area contributed by atoms with E-state index in [0.29, 0.717) is 40.6 Å². The Morgan fingerprint density at radius 1 is 1.06 bits per heavy atom. The Morgan fingerprint density at radius 3 is 2.59 bits per heavy atom. The van der Waals surface area contributed by atoms with E-state index in [1.807, 2.05) is 12.1 Å². The Balaban J connectivity index is 1.80. The first-order valence-electron chi connectivity index (χ1n) is 10.4. The molecule has 8 heteroatoms. The van der Waals surface area contributed by atoms with Gasteiger partial charge < -0.3 is 28.7 Å². The molecule has 1 aliphatic heterocycles. The van der Waals surface area contributed by atoms with Crippen LogP contribution >= 0.6 is 0 Å². The second kappa shape index (κ2) is 9.74. The first-order chi connectivity index (χ1) is 15.6. The topological polar surface area (TPSA) is 91.5 Å². The summed E-state index contributed by atoms with van der Waals surface area (Å²) in [5.41, 5.74) is 1.54. The Kier molecular flexibility index (Phi) is 6.61. The van der Waals surface area contributed by atoms with Crippen LogP contribution in [-0.4, -0.2) is 46.5 Å². The van der Waals surface area contributed by atoms with Gasteiger partial charge in [-0.3, -0.25) is 4.79 Å². The zero-order chi connectivity index (χ0) is 22.5. The molecule has 0 aliphatic carbocycles. The average Bonchev–Trinajstić information content (AvgIpc) is 3.35. The number of ether oxygens (including phenoxy) is 4. The number of nitrogens with zero attached hydrogens (tertiary/aromatic N) is 1. The number of rotatable bonds is 7. The maximum atomic E-state index is 13.1. The zero-order valence-electron chi connectivity index (χ0n) is 18.3. The molecular formula is C24H26N2O6. The van der Waals surface area contributed by atoms with Crippen molar-refractivity contribution in [3.05, 3.63) is 53.6 Å². The molecule has 0 unspecified atom stereocenters. The minimum absolute atomic E-state index is 0.0303. The van der Waals surface area contributed by atoms with Crippen molar-refractivity contribution in [2.75, 3.05) is 34.5 Å². The third kappa shape index (κ3) is 4.55. The quantitative estimate of drug-likeness (QED) is 0.606. The fourth-order valence-electron chi connectivity index (χ4n) is 3.65. The number of para-hydroxylation sites is 1. The van der Waals surface area contributed by atoms with Crippen LogP contribution in [0.5, 0.6) is 17.2 Å². The monoisotopic (exact) mass is 438 g/mol. The van der Waals surface area contributed by atoms with E-state index in [1.54, 1.807) is 51.7 Å². The lowest BCUT2D eigenvalue weighted by Gasteiger charge is -2.12. The summed E-state index contributed by atoms with van der Waals surface area (Å²) in [7, 11) is 4.69. The highest BCUT2D eigenvalue weighted by atomic mass is 16.5. The van der Waals surface area contributed by atoms with Crippen molar-refractivity contribution in [3.63, 3.8) is 0 Å². The summed E-state index contributed by atoms with van der Waals surface area (Å²) < 4.78 is 27.8. The molecule has 3 aromatic rings. The third-order valence-electron chi connectivity index (χ3n) is 5.31. The van der Waals surface area contributed by atoms with Crippen molar-refractivity contribution >= 4 is 22.6 Å². The molecule has 1 atom stereocenters. The van der Waals surface area contributed by atoms with Crippen LogP contribution in [0.15, 0.2) is 51.9 Å². The number of carbonyl (C=O) groups is 1. The van der Waals surface area contributed by atoms with Crippen molar-refractivity contribution in [2.45, 2.75) is 18.9 Å². The SMILES string of the molecule is COc1ccc(N=c2oc3c(OC)cccc3cc2C(=O)NC[C@H]2CCCO2)cc1OC. The van der Waals surface area contributed by atoms with Gasteiger partial charge in [0.25, 0.3) is 5.91 Å². The number of fused-ring (bicyclic) bond motifs is 1. The highest BCUT2D eigenvalue weighted by Crippen LogP contribution is 2.31. The summed E-state index contributed by atoms with van der Waals surface area (Å²) in [6, 6.07) is 12.5. The number of amides is 1. The zero-order valence-corrected chi connectivity index (χ0v) is 18.3. The lowest BCUT2D eigenvalue weighted by molar-refractivity contribution is 0.0854. The predicted octanol–water partition coefficient (Wildman–Crippen LogP) is 3.60. The summed E-state index contributed by atoms with van der Waals surface area (Å²) in [5, 5.41) is 3.68. The molecule has 2 aromatic carbocycles. The van der Waals surface area contributed by atoms with Gasteiger partial charge in [0.1, 0.15) is 5.56 Å². The molecule has 32 heavy (non-hydrogen) atoms. The molecule has 0 radical (unpaired) electrons. The molecule has 1 saturated heterocycles. The lowest BCUT2D eigenvalue weighted by atomic mass is 10.1. The van der Waals surface area contributed by atoms with Crippen LogP contribution in [0.4, 0.5) is 5.69 Å². The van der Waals surface area contributed by atoms with Crippen LogP contribution < -0.4 is 25.1 Å². The van der Waals surface area contributed by atoms with Gasteiger partial charge in [0.05, 0.1) is 33.1 Å². The van der Waals surface area contributed by atoms with Gasteiger partial charge in [-0.2, -0.15) is 0 Å². The Labute approximate surface area is 185 Å². The van der Waals surface area contributed by atoms with Gasteiger partial charge in [0.2, 0.25) is 5.55 Å². The molecular weight excluding hydrogens is 412 g/mol. The molecule has 8 nitrogen and oxygen atoms in total. The largest absolute Gasteiger partial charge is 0.493 e. The van der Waals surface area contributed by atoms with E-state index in [0.717, 1.165) is 24.8 Å². The minimum atomic E-state index is -0.284. The van der Waals surface area contributed by atoms with Gasteiger partial charge in [-0.1, -0.05) is 12.1 Å². The fourth-order valence-corrected chi connectivity index (χ4v) is 3.65.